The van der Waals surface area contributed by atoms with Gasteiger partial charge in [0, 0.05) is 37.3 Å². The number of aliphatic imine (C=N–C) groups is 1. The molecule has 1 heterocycles. The first-order chi connectivity index (χ1) is 14.7. The average molecular weight is 413 g/mol. The van der Waals surface area contributed by atoms with Crippen molar-refractivity contribution in [3.63, 3.8) is 0 Å². The van der Waals surface area contributed by atoms with E-state index < -0.39 is 0 Å². The molecule has 0 atom stereocenters. The maximum atomic E-state index is 13.5. The van der Waals surface area contributed by atoms with Crippen molar-refractivity contribution in [1.29, 1.82) is 0 Å². The van der Waals surface area contributed by atoms with Gasteiger partial charge in [0.2, 0.25) is 0 Å². The molecule has 160 valence electrons. The van der Waals surface area contributed by atoms with Crippen molar-refractivity contribution in [2.24, 2.45) is 4.99 Å². The van der Waals surface area contributed by atoms with E-state index in [1.807, 2.05) is 37.4 Å². The minimum absolute atomic E-state index is 0.221. The summed E-state index contributed by atoms with van der Waals surface area (Å²) >= 11 is 0. The van der Waals surface area contributed by atoms with Gasteiger partial charge in [-0.1, -0.05) is 12.1 Å². The second-order valence-corrected chi connectivity index (χ2v) is 6.86. The summed E-state index contributed by atoms with van der Waals surface area (Å²) in [6.07, 6.45) is 2.70. The molecule has 0 spiro atoms. The van der Waals surface area contributed by atoms with Crippen LogP contribution in [0.5, 0.6) is 5.75 Å². The van der Waals surface area contributed by atoms with Crippen molar-refractivity contribution in [3.8, 4) is 5.75 Å². The molecule has 0 saturated heterocycles. The number of benzene rings is 2. The first-order valence-electron chi connectivity index (χ1n) is 10.2. The molecule has 7 heteroatoms. The zero-order chi connectivity index (χ0) is 21.2. The number of guanidine groups is 1. The molecule has 6 nitrogen and oxygen atoms in total. The van der Waals surface area contributed by atoms with E-state index in [4.69, 9.17) is 9.47 Å². The second-order valence-electron chi connectivity index (χ2n) is 6.86. The predicted molar refractivity (Wildman–Crippen MR) is 119 cm³/mol. The highest BCUT2D eigenvalue weighted by Crippen LogP contribution is 2.19. The van der Waals surface area contributed by atoms with Crippen molar-refractivity contribution in [2.45, 2.75) is 19.9 Å². The Morgan fingerprint density at radius 2 is 1.93 bits per heavy atom. The van der Waals surface area contributed by atoms with Crippen molar-refractivity contribution < 1.29 is 13.9 Å². The molecule has 0 amide bonds. The molecule has 3 aromatic rings. The zero-order valence-electron chi connectivity index (χ0n) is 17.5. The molecule has 1 aromatic heterocycles. The summed E-state index contributed by atoms with van der Waals surface area (Å²) in [4.78, 5) is 7.84. The van der Waals surface area contributed by atoms with E-state index >= 15 is 0 Å². The minimum atomic E-state index is -0.221. The SMILES string of the molecule is CCNC(=NCc1ccc(OCCOC)cc1)NCCc1c[nH]c2ccc(F)cc12. The summed E-state index contributed by atoms with van der Waals surface area (Å²) in [7, 11) is 1.65. The zero-order valence-corrected chi connectivity index (χ0v) is 17.5. The van der Waals surface area contributed by atoms with Crippen LogP contribution in [0, 0.1) is 5.82 Å². The number of hydrogen-bond donors (Lipinski definition) is 3. The summed E-state index contributed by atoms with van der Waals surface area (Å²) in [6.45, 7) is 5.17. The maximum Gasteiger partial charge on any atom is 0.191 e. The highest BCUT2D eigenvalue weighted by Gasteiger charge is 2.05. The van der Waals surface area contributed by atoms with Crippen LogP contribution < -0.4 is 15.4 Å². The highest BCUT2D eigenvalue weighted by atomic mass is 19.1. The van der Waals surface area contributed by atoms with Crippen LogP contribution >= 0.6 is 0 Å². The summed E-state index contributed by atoms with van der Waals surface area (Å²) in [5.41, 5.74) is 3.12. The summed E-state index contributed by atoms with van der Waals surface area (Å²) in [5.74, 6) is 1.35. The highest BCUT2D eigenvalue weighted by molar-refractivity contribution is 5.83. The Morgan fingerprint density at radius 3 is 2.70 bits per heavy atom. The molecule has 0 saturated carbocycles. The molecule has 0 fully saturated rings. The molecule has 3 rings (SSSR count). The number of fused-ring (bicyclic) bond motifs is 1. The lowest BCUT2D eigenvalue weighted by Crippen LogP contribution is -2.38. The molecular weight excluding hydrogens is 383 g/mol. The van der Waals surface area contributed by atoms with Crippen molar-refractivity contribution in [2.75, 3.05) is 33.4 Å². The predicted octanol–water partition coefficient (Wildman–Crippen LogP) is 3.63. The van der Waals surface area contributed by atoms with Gasteiger partial charge in [0.1, 0.15) is 18.2 Å². The van der Waals surface area contributed by atoms with Gasteiger partial charge in [-0.3, -0.25) is 0 Å². The number of ether oxygens (including phenoxy) is 2. The minimum Gasteiger partial charge on any atom is -0.491 e. The average Bonchev–Trinajstić information content (AvgIpc) is 3.15. The van der Waals surface area contributed by atoms with Gasteiger partial charge in [0.05, 0.1) is 13.2 Å². The number of aromatic amines is 1. The topological polar surface area (TPSA) is 70.7 Å². The van der Waals surface area contributed by atoms with Crippen LogP contribution in [0.15, 0.2) is 53.7 Å². The molecule has 3 N–H and O–H groups in total. The lowest BCUT2D eigenvalue weighted by atomic mass is 10.1. The lowest BCUT2D eigenvalue weighted by molar-refractivity contribution is 0.146. The van der Waals surface area contributed by atoms with Crippen LogP contribution in [0.3, 0.4) is 0 Å². The number of nitrogens with zero attached hydrogens (tertiary/aromatic N) is 1. The van der Waals surface area contributed by atoms with E-state index in [1.165, 1.54) is 6.07 Å². The maximum absolute atomic E-state index is 13.5. The third kappa shape index (κ3) is 6.22. The number of rotatable bonds is 10. The monoisotopic (exact) mass is 412 g/mol. The van der Waals surface area contributed by atoms with Crippen LogP contribution in [0.2, 0.25) is 0 Å². The van der Waals surface area contributed by atoms with Gasteiger partial charge < -0.3 is 25.1 Å². The molecule has 0 bridgehead atoms. The third-order valence-electron chi connectivity index (χ3n) is 4.66. The van der Waals surface area contributed by atoms with E-state index in [2.05, 4.69) is 20.6 Å². The number of nitrogens with one attached hydrogen (secondary N) is 3. The Bertz CT molecular complexity index is 953. The Labute approximate surface area is 176 Å². The Kier molecular flexibility index (Phi) is 8.09. The third-order valence-corrected chi connectivity index (χ3v) is 4.66. The van der Waals surface area contributed by atoms with Crippen LogP contribution in [0.25, 0.3) is 10.9 Å². The molecule has 0 unspecified atom stereocenters. The lowest BCUT2D eigenvalue weighted by Gasteiger charge is -2.11. The van der Waals surface area contributed by atoms with Gasteiger partial charge in [0.25, 0.3) is 0 Å². The van der Waals surface area contributed by atoms with Crippen molar-refractivity contribution in [3.05, 3.63) is 65.6 Å². The first kappa shape index (κ1) is 21.6. The fraction of sp³-hybridized carbons (Fsp3) is 0.348. The normalized spacial score (nSPS) is 11.6. The van der Waals surface area contributed by atoms with Gasteiger partial charge in [-0.15, -0.1) is 0 Å². The number of methoxy groups -OCH3 is 1. The molecule has 0 aliphatic rings. The van der Waals surface area contributed by atoms with Crippen molar-refractivity contribution >= 4 is 16.9 Å². The summed E-state index contributed by atoms with van der Waals surface area (Å²) in [6, 6.07) is 12.7. The largest absolute Gasteiger partial charge is 0.491 e. The van der Waals surface area contributed by atoms with Gasteiger partial charge in [0.15, 0.2) is 5.96 Å². The molecular formula is C23H29FN4O2. The van der Waals surface area contributed by atoms with Gasteiger partial charge in [-0.2, -0.15) is 0 Å². The van der Waals surface area contributed by atoms with E-state index in [0.29, 0.717) is 26.3 Å². The fourth-order valence-electron chi connectivity index (χ4n) is 3.12. The van der Waals surface area contributed by atoms with E-state index in [0.717, 1.165) is 46.7 Å². The van der Waals surface area contributed by atoms with Crippen LogP contribution in [0.4, 0.5) is 4.39 Å². The van der Waals surface area contributed by atoms with Crippen molar-refractivity contribution in [1.82, 2.24) is 15.6 Å². The molecule has 0 radical (unpaired) electrons. The summed E-state index contributed by atoms with van der Waals surface area (Å²) < 4.78 is 24.1. The van der Waals surface area contributed by atoms with Gasteiger partial charge >= 0.3 is 0 Å². The van der Waals surface area contributed by atoms with E-state index in [-0.39, 0.29) is 5.82 Å². The van der Waals surface area contributed by atoms with E-state index in [1.54, 1.807) is 19.2 Å². The summed E-state index contributed by atoms with van der Waals surface area (Å²) in [5, 5.41) is 7.53. The van der Waals surface area contributed by atoms with Crippen LogP contribution in [-0.2, 0) is 17.7 Å². The van der Waals surface area contributed by atoms with Gasteiger partial charge in [-0.25, -0.2) is 9.38 Å². The van der Waals surface area contributed by atoms with Gasteiger partial charge in [-0.05, 0) is 54.8 Å². The number of hydrogen-bond acceptors (Lipinski definition) is 3. The smallest absolute Gasteiger partial charge is 0.191 e. The first-order valence-corrected chi connectivity index (χ1v) is 10.2. The molecule has 0 aliphatic carbocycles. The quantitative estimate of drug-likeness (QED) is 0.270. The van der Waals surface area contributed by atoms with E-state index in [9.17, 15) is 4.39 Å². The second kappa shape index (κ2) is 11.2. The molecule has 0 aliphatic heterocycles. The van der Waals surface area contributed by atoms with Crippen LogP contribution in [0.1, 0.15) is 18.1 Å². The molecule has 2 aromatic carbocycles. The fourth-order valence-corrected chi connectivity index (χ4v) is 3.12. The number of aromatic nitrogens is 1. The molecule has 30 heavy (non-hydrogen) atoms. The number of H-pyrrole nitrogens is 1. The number of halogens is 1. The Hall–Kier alpha value is -3.06. The Morgan fingerprint density at radius 1 is 1.10 bits per heavy atom. The van der Waals surface area contributed by atoms with Crippen LogP contribution in [-0.4, -0.2) is 44.4 Å². The Balaban J connectivity index is 1.53. The standard InChI is InChI=1S/C23H29FN4O2/c1-3-25-23(28-15-17-4-7-20(8-5-17)30-13-12-29-2)26-11-10-18-16-27-22-9-6-19(24)14-21(18)22/h4-9,14,16,27H,3,10-13,15H2,1-2H3,(H2,25,26,28).